The van der Waals surface area contributed by atoms with E-state index in [4.69, 9.17) is 4.52 Å². The highest BCUT2D eigenvalue weighted by molar-refractivity contribution is 7.89. The molecule has 1 aliphatic heterocycles. The second-order valence-electron chi connectivity index (χ2n) is 6.26. The van der Waals surface area contributed by atoms with Crippen LogP contribution in [-0.2, 0) is 10.0 Å². The minimum atomic E-state index is -3.54. The summed E-state index contributed by atoms with van der Waals surface area (Å²) in [6.45, 7) is 11.0. The summed E-state index contributed by atoms with van der Waals surface area (Å²) in [5.41, 5.74) is 0.403. The number of nitrogens with zero attached hydrogens (tertiary/aromatic N) is 2. The fraction of sp³-hybridized carbons (Fsp3) is 0.786. The van der Waals surface area contributed by atoms with Gasteiger partial charge in [0.2, 0.25) is 10.0 Å². The zero-order chi connectivity index (χ0) is 15.6. The fourth-order valence-electron chi connectivity index (χ4n) is 3.24. The number of hydrogen-bond acceptors (Lipinski definition) is 5. The van der Waals surface area contributed by atoms with Crippen LogP contribution in [0.3, 0.4) is 0 Å². The quantitative estimate of drug-likeness (QED) is 0.892. The van der Waals surface area contributed by atoms with Crippen LogP contribution in [0.15, 0.2) is 9.42 Å². The first-order chi connectivity index (χ1) is 9.79. The highest BCUT2D eigenvalue weighted by Gasteiger charge is 2.25. The normalized spacial score (nSPS) is 24.4. The van der Waals surface area contributed by atoms with Gasteiger partial charge in [0.25, 0.3) is 0 Å². The van der Waals surface area contributed by atoms with E-state index in [1.807, 2.05) is 0 Å². The summed E-state index contributed by atoms with van der Waals surface area (Å²) in [4.78, 5) is 2.50. The number of rotatable bonds is 5. The second-order valence-corrected chi connectivity index (χ2v) is 7.96. The van der Waals surface area contributed by atoms with Gasteiger partial charge in [-0.25, -0.2) is 13.1 Å². The summed E-state index contributed by atoms with van der Waals surface area (Å²) in [6.07, 6.45) is 1.25. The van der Waals surface area contributed by atoms with Crippen molar-refractivity contribution in [1.82, 2.24) is 14.8 Å². The molecule has 6 nitrogen and oxygen atoms in total. The first-order valence-corrected chi connectivity index (χ1v) is 8.92. The summed E-state index contributed by atoms with van der Waals surface area (Å²) < 4.78 is 32.1. The molecule has 2 heterocycles. The maximum Gasteiger partial charge on any atom is 0.246 e. The van der Waals surface area contributed by atoms with E-state index >= 15 is 0 Å². The molecule has 120 valence electrons. The van der Waals surface area contributed by atoms with E-state index < -0.39 is 10.0 Å². The van der Waals surface area contributed by atoms with Gasteiger partial charge in [-0.3, -0.25) is 0 Å². The Balaban J connectivity index is 1.91. The van der Waals surface area contributed by atoms with Crippen molar-refractivity contribution in [2.45, 2.75) is 39.0 Å². The van der Waals surface area contributed by atoms with Crippen molar-refractivity contribution in [1.29, 1.82) is 0 Å². The van der Waals surface area contributed by atoms with Gasteiger partial charge in [-0.15, -0.1) is 0 Å². The molecule has 7 heteroatoms. The van der Waals surface area contributed by atoms with Gasteiger partial charge in [-0.05, 0) is 32.1 Å². The second kappa shape index (κ2) is 6.46. The molecule has 0 aliphatic carbocycles. The molecule has 0 spiro atoms. The molecule has 2 rings (SSSR count). The standard InChI is InChI=1S/C14H25N3O3S/c1-10-7-11(2)9-17(8-10)6-5-15-21(18,19)14-12(3)16-20-13(14)4/h10-11,15H,5-9H2,1-4H3. The van der Waals surface area contributed by atoms with Crippen LogP contribution in [0.1, 0.15) is 31.7 Å². The molecular formula is C14H25N3O3S. The van der Waals surface area contributed by atoms with Crippen molar-refractivity contribution in [3.63, 3.8) is 0 Å². The molecule has 1 aromatic rings. The summed E-state index contributed by atoms with van der Waals surface area (Å²) >= 11 is 0. The van der Waals surface area contributed by atoms with Gasteiger partial charge in [0.15, 0.2) is 5.76 Å². The first-order valence-electron chi connectivity index (χ1n) is 7.44. The Labute approximate surface area is 126 Å². The summed E-state index contributed by atoms with van der Waals surface area (Å²) in [5, 5.41) is 3.70. The van der Waals surface area contributed by atoms with Crippen molar-refractivity contribution >= 4 is 10.0 Å². The molecule has 1 aromatic heterocycles. The summed E-state index contributed by atoms with van der Waals surface area (Å²) in [7, 11) is -3.54. The SMILES string of the molecule is Cc1noc(C)c1S(=O)(=O)NCCN1CC(C)CC(C)C1. The fourth-order valence-corrected chi connectivity index (χ4v) is 4.59. The van der Waals surface area contributed by atoms with Crippen molar-refractivity contribution in [2.24, 2.45) is 11.8 Å². The van der Waals surface area contributed by atoms with Gasteiger partial charge in [-0.1, -0.05) is 19.0 Å². The number of piperidine rings is 1. The third kappa shape index (κ3) is 4.05. The van der Waals surface area contributed by atoms with Crippen LogP contribution < -0.4 is 4.72 Å². The number of sulfonamides is 1. The molecule has 0 aromatic carbocycles. The monoisotopic (exact) mass is 315 g/mol. The molecule has 0 radical (unpaired) electrons. The number of nitrogens with one attached hydrogen (secondary N) is 1. The van der Waals surface area contributed by atoms with Crippen molar-refractivity contribution in [3.8, 4) is 0 Å². The molecular weight excluding hydrogens is 290 g/mol. The largest absolute Gasteiger partial charge is 0.360 e. The van der Waals surface area contributed by atoms with Crippen LogP contribution >= 0.6 is 0 Å². The number of hydrogen-bond donors (Lipinski definition) is 1. The third-order valence-electron chi connectivity index (χ3n) is 3.90. The van der Waals surface area contributed by atoms with E-state index in [-0.39, 0.29) is 4.90 Å². The Hall–Kier alpha value is -0.920. The highest BCUT2D eigenvalue weighted by Crippen LogP contribution is 2.21. The van der Waals surface area contributed by atoms with Crippen LogP contribution in [-0.4, -0.2) is 44.7 Å². The molecule has 1 fully saturated rings. The van der Waals surface area contributed by atoms with Gasteiger partial charge >= 0.3 is 0 Å². The van der Waals surface area contributed by atoms with Gasteiger partial charge in [0.05, 0.1) is 0 Å². The molecule has 1 aliphatic rings. The molecule has 0 amide bonds. The van der Waals surface area contributed by atoms with Crippen LogP contribution in [0.2, 0.25) is 0 Å². The van der Waals surface area contributed by atoms with Gasteiger partial charge in [0.1, 0.15) is 10.6 Å². The van der Waals surface area contributed by atoms with Crippen molar-refractivity contribution in [3.05, 3.63) is 11.5 Å². The van der Waals surface area contributed by atoms with E-state index in [0.29, 0.717) is 29.8 Å². The van der Waals surface area contributed by atoms with Crippen LogP contribution in [0.5, 0.6) is 0 Å². The van der Waals surface area contributed by atoms with Crippen LogP contribution in [0, 0.1) is 25.7 Å². The van der Waals surface area contributed by atoms with E-state index in [2.05, 4.69) is 28.6 Å². The van der Waals surface area contributed by atoms with Gasteiger partial charge in [0, 0.05) is 26.2 Å². The minimum Gasteiger partial charge on any atom is -0.360 e. The lowest BCUT2D eigenvalue weighted by atomic mass is 9.92. The Bertz CT molecular complexity index is 553. The lowest BCUT2D eigenvalue weighted by Crippen LogP contribution is -2.42. The smallest absolute Gasteiger partial charge is 0.246 e. The van der Waals surface area contributed by atoms with Crippen molar-refractivity contribution in [2.75, 3.05) is 26.2 Å². The highest BCUT2D eigenvalue weighted by atomic mass is 32.2. The average Bonchev–Trinajstić information content (AvgIpc) is 2.68. The van der Waals surface area contributed by atoms with Gasteiger partial charge in [-0.2, -0.15) is 0 Å². The van der Waals surface area contributed by atoms with E-state index in [0.717, 1.165) is 19.6 Å². The maximum atomic E-state index is 12.3. The molecule has 2 unspecified atom stereocenters. The topological polar surface area (TPSA) is 75.4 Å². The van der Waals surface area contributed by atoms with E-state index in [1.54, 1.807) is 13.8 Å². The van der Waals surface area contributed by atoms with Crippen LogP contribution in [0.25, 0.3) is 0 Å². The Kier molecular flexibility index (Phi) is 5.06. The Morgan fingerprint density at radius 1 is 1.29 bits per heavy atom. The molecule has 1 N–H and O–H groups in total. The molecule has 2 atom stereocenters. The minimum absolute atomic E-state index is 0.169. The average molecular weight is 315 g/mol. The summed E-state index contributed by atoms with van der Waals surface area (Å²) in [5.74, 6) is 1.68. The maximum absolute atomic E-state index is 12.3. The lowest BCUT2D eigenvalue weighted by molar-refractivity contribution is 0.143. The lowest BCUT2D eigenvalue weighted by Gasteiger charge is -2.34. The molecule has 0 saturated carbocycles. The molecule has 1 saturated heterocycles. The van der Waals surface area contributed by atoms with E-state index in [1.165, 1.54) is 6.42 Å². The van der Waals surface area contributed by atoms with Gasteiger partial charge < -0.3 is 9.42 Å². The molecule has 0 bridgehead atoms. The predicted molar refractivity (Wildman–Crippen MR) is 80.6 cm³/mol. The van der Waals surface area contributed by atoms with Crippen molar-refractivity contribution < 1.29 is 12.9 Å². The Morgan fingerprint density at radius 2 is 1.90 bits per heavy atom. The number of likely N-dealkylation sites (tertiary alicyclic amines) is 1. The summed E-state index contributed by atoms with van der Waals surface area (Å²) in [6, 6.07) is 0. The first kappa shape index (κ1) is 16.5. The predicted octanol–water partition coefficient (Wildman–Crippen LogP) is 1.55. The number of aryl methyl sites for hydroxylation is 2. The Morgan fingerprint density at radius 3 is 2.43 bits per heavy atom. The molecule has 21 heavy (non-hydrogen) atoms. The number of aromatic nitrogens is 1. The van der Waals surface area contributed by atoms with E-state index in [9.17, 15) is 8.42 Å². The van der Waals surface area contributed by atoms with Crippen LogP contribution in [0.4, 0.5) is 0 Å². The zero-order valence-corrected chi connectivity index (χ0v) is 14.0. The third-order valence-corrected chi connectivity index (χ3v) is 5.61. The zero-order valence-electron chi connectivity index (χ0n) is 13.2.